The van der Waals surface area contributed by atoms with Gasteiger partial charge in [-0.05, 0) is 56.2 Å². The van der Waals surface area contributed by atoms with E-state index in [9.17, 15) is 14.4 Å². The first-order valence-corrected chi connectivity index (χ1v) is 10.7. The summed E-state index contributed by atoms with van der Waals surface area (Å²) in [5.41, 5.74) is 3.09. The maximum absolute atomic E-state index is 13.2. The van der Waals surface area contributed by atoms with Crippen LogP contribution in [0, 0.1) is 6.92 Å². The normalized spacial score (nSPS) is 13.9. The van der Waals surface area contributed by atoms with E-state index < -0.39 is 11.8 Å². The summed E-state index contributed by atoms with van der Waals surface area (Å²) >= 11 is 6.23. The molecule has 0 fully saturated rings. The monoisotopic (exact) mass is 455 g/mol. The highest BCUT2D eigenvalue weighted by molar-refractivity contribution is 6.36. The van der Waals surface area contributed by atoms with Crippen LogP contribution in [0.5, 0.6) is 0 Å². The third-order valence-electron chi connectivity index (χ3n) is 4.87. The van der Waals surface area contributed by atoms with E-state index in [0.29, 0.717) is 22.0 Å². The van der Waals surface area contributed by atoms with Crippen molar-refractivity contribution in [1.29, 1.82) is 0 Å². The SMILES string of the molecule is CC(=O)Nc1ccc(C2=C(Nc3ccc(C)c(Cl)c3)C(=O)N(CCOC(C)C)C2=O)cc1. The predicted molar refractivity (Wildman–Crippen MR) is 125 cm³/mol. The lowest BCUT2D eigenvalue weighted by Gasteiger charge is -2.16. The number of carbonyl (C=O) groups excluding carboxylic acids is 3. The molecule has 32 heavy (non-hydrogen) atoms. The molecule has 0 spiro atoms. The lowest BCUT2D eigenvalue weighted by molar-refractivity contribution is -0.138. The van der Waals surface area contributed by atoms with Crippen molar-refractivity contribution in [1.82, 2.24) is 4.90 Å². The van der Waals surface area contributed by atoms with E-state index in [2.05, 4.69) is 10.6 Å². The zero-order valence-corrected chi connectivity index (χ0v) is 19.2. The number of imide groups is 1. The quantitative estimate of drug-likeness (QED) is 0.582. The minimum Gasteiger partial charge on any atom is -0.377 e. The second kappa shape index (κ2) is 9.97. The molecule has 0 radical (unpaired) electrons. The van der Waals surface area contributed by atoms with Gasteiger partial charge in [0.2, 0.25) is 5.91 Å². The number of hydrogen-bond donors (Lipinski definition) is 2. The van der Waals surface area contributed by atoms with Crippen LogP contribution in [-0.4, -0.2) is 41.9 Å². The number of carbonyl (C=O) groups is 3. The molecule has 3 rings (SSSR count). The number of halogens is 1. The molecular weight excluding hydrogens is 430 g/mol. The Balaban J connectivity index is 1.96. The van der Waals surface area contributed by atoms with Gasteiger partial charge in [-0.3, -0.25) is 19.3 Å². The number of ether oxygens (including phenoxy) is 1. The molecule has 0 atom stereocenters. The molecule has 8 heteroatoms. The van der Waals surface area contributed by atoms with Crippen LogP contribution in [0.1, 0.15) is 31.9 Å². The standard InChI is InChI=1S/C24H26ClN3O4/c1-14(2)32-12-11-28-23(30)21(17-6-9-18(10-7-17)26-16(4)29)22(24(28)31)27-19-8-5-15(3)20(25)13-19/h5-10,13-14,27H,11-12H2,1-4H3,(H,26,29). The van der Waals surface area contributed by atoms with Crippen LogP contribution in [0.15, 0.2) is 48.2 Å². The Hall–Kier alpha value is -3.16. The third kappa shape index (κ3) is 5.36. The molecule has 0 aromatic heterocycles. The molecule has 1 aliphatic rings. The van der Waals surface area contributed by atoms with Gasteiger partial charge in [0, 0.05) is 23.3 Å². The largest absolute Gasteiger partial charge is 0.377 e. The summed E-state index contributed by atoms with van der Waals surface area (Å²) in [7, 11) is 0. The minimum absolute atomic E-state index is 0.0103. The summed E-state index contributed by atoms with van der Waals surface area (Å²) in [6, 6.07) is 12.1. The molecule has 2 aromatic carbocycles. The van der Waals surface area contributed by atoms with Gasteiger partial charge in [0.15, 0.2) is 0 Å². The van der Waals surface area contributed by atoms with Crippen LogP contribution in [0.4, 0.5) is 11.4 Å². The van der Waals surface area contributed by atoms with Crippen LogP contribution in [0.25, 0.3) is 5.57 Å². The molecule has 0 bridgehead atoms. The molecule has 2 aromatic rings. The number of anilines is 2. The zero-order chi connectivity index (χ0) is 23.4. The highest BCUT2D eigenvalue weighted by Crippen LogP contribution is 2.32. The Morgan fingerprint density at radius 1 is 1.06 bits per heavy atom. The number of amides is 3. The highest BCUT2D eigenvalue weighted by atomic mass is 35.5. The maximum atomic E-state index is 13.2. The fourth-order valence-electron chi connectivity index (χ4n) is 3.28. The number of rotatable bonds is 8. The van der Waals surface area contributed by atoms with Gasteiger partial charge in [0.1, 0.15) is 5.70 Å². The smallest absolute Gasteiger partial charge is 0.278 e. The van der Waals surface area contributed by atoms with Crippen molar-refractivity contribution >= 4 is 46.3 Å². The van der Waals surface area contributed by atoms with Gasteiger partial charge in [-0.25, -0.2) is 0 Å². The summed E-state index contributed by atoms with van der Waals surface area (Å²) in [5.74, 6) is -1.03. The van der Waals surface area contributed by atoms with E-state index in [-0.39, 0.29) is 36.4 Å². The van der Waals surface area contributed by atoms with Crippen LogP contribution in [0.3, 0.4) is 0 Å². The van der Waals surface area contributed by atoms with Crippen molar-refractivity contribution < 1.29 is 19.1 Å². The van der Waals surface area contributed by atoms with Crippen molar-refractivity contribution in [3.8, 4) is 0 Å². The first-order chi connectivity index (χ1) is 15.2. The molecule has 1 aliphatic heterocycles. The summed E-state index contributed by atoms with van der Waals surface area (Å²) < 4.78 is 5.53. The number of nitrogens with one attached hydrogen (secondary N) is 2. The summed E-state index contributed by atoms with van der Waals surface area (Å²) in [5, 5.41) is 6.33. The van der Waals surface area contributed by atoms with Gasteiger partial charge >= 0.3 is 0 Å². The number of hydrogen-bond acceptors (Lipinski definition) is 5. The Labute approximate surface area is 192 Å². The Kier molecular flexibility index (Phi) is 7.33. The van der Waals surface area contributed by atoms with Crippen LogP contribution in [-0.2, 0) is 19.1 Å². The molecule has 168 valence electrons. The number of aryl methyl sites for hydroxylation is 1. The molecule has 1 heterocycles. The van der Waals surface area contributed by atoms with Gasteiger partial charge in [0.25, 0.3) is 11.8 Å². The third-order valence-corrected chi connectivity index (χ3v) is 5.28. The van der Waals surface area contributed by atoms with E-state index in [1.807, 2.05) is 26.8 Å². The summed E-state index contributed by atoms with van der Waals surface area (Å²) in [6.07, 6.45) is -0.0103. The van der Waals surface area contributed by atoms with Crippen molar-refractivity contribution in [3.63, 3.8) is 0 Å². The van der Waals surface area contributed by atoms with Gasteiger partial charge in [-0.1, -0.05) is 29.8 Å². The molecule has 0 aliphatic carbocycles. The van der Waals surface area contributed by atoms with E-state index in [1.165, 1.54) is 11.8 Å². The van der Waals surface area contributed by atoms with Crippen LogP contribution < -0.4 is 10.6 Å². The second-order valence-electron chi connectivity index (χ2n) is 7.78. The molecular formula is C24H26ClN3O4. The average molecular weight is 456 g/mol. The van der Waals surface area contributed by atoms with Crippen molar-refractivity contribution in [2.75, 3.05) is 23.8 Å². The van der Waals surface area contributed by atoms with Gasteiger partial charge in [0.05, 0.1) is 24.8 Å². The fourth-order valence-corrected chi connectivity index (χ4v) is 3.46. The predicted octanol–water partition coefficient (Wildman–Crippen LogP) is 4.22. The first-order valence-electron chi connectivity index (χ1n) is 10.3. The van der Waals surface area contributed by atoms with E-state index in [1.54, 1.807) is 36.4 Å². The first kappa shape index (κ1) is 23.5. The molecule has 2 N–H and O–H groups in total. The average Bonchev–Trinajstić information content (AvgIpc) is 2.95. The number of nitrogens with zero attached hydrogens (tertiary/aromatic N) is 1. The molecule has 3 amide bonds. The fraction of sp³-hybridized carbons (Fsp3) is 0.292. The number of benzene rings is 2. The molecule has 0 saturated heterocycles. The van der Waals surface area contributed by atoms with E-state index in [0.717, 1.165) is 5.56 Å². The summed E-state index contributed by atoms with van der Waals surface area (Å²) in [6.45, 7) is 7.47. The van der Waals surface area contributed by atoms with Crippen LogP contribution >= 0.6 is 11.6 Å². The molecule has 0 saturated carbocycles. The Morgan fingerprint density at radius 3 is 2.31 bits per heavy atom. The van der Waals surface area contributed by atoms with E-state index in [4.69, 9.17) is 16.3 Å². The molecule has 7 nitrogen and oxygen atoms in total. The van der Waals surface area contributed by atoms with Crippen molar-refractivity contribution in [3.05, 3.63) is 64.3 Å². The van der Waals surface area contributed by atoms with E-state index >= 15 is 0 Å². The van der Waals surface area contributed by atoms with Crippen molar-refractivity contribution in [2.24, 2.45) is 0 Å². The van der Waals surface area contributed by atoms with Crippen molar-refractivity contribution in [2.45, 2.75) is 33.8 Å². The highest BCUT2D eigenvalue weighted by Gasteiger charge is 2.39. The lowest BCUT2D eigenvalue weighted by Crippen LogP contribution is -2.35. The van der Waals surface area contributed by atoms with Crippen LogP contribution in [0.2, 0.25) is 5.02 Å². The lowest BCUT2D eigenvalue weighted by atomic mass is 10.0. The topological polar surface area (TPSA) is 87.7 Å². The summed E-state index contributed by atoms with van der Waals surface area (Å²) in [4.78, 5) is 38.9. The second-order valence-corrected chi connectivity index (χ2v) is 8.19. The van der Waals surface area contributed by atoms with Gasteiger partial charge < -0.3 is 15.4 Å². The molecule has 0 unspecified atom stereocenters. The Morgan fingerprint density at radius 2 is 1.72 bits per heavy atom. The minimum atomic E-state index is -0.431. The zero-order valence-electron chi connectivity index (χ0n) is 18.5. The van der Waals surface area contributed by atoms with Gasteiger partial charge in [-0.2, -0.15) is 0 Å². The maximum Gasteiger partial charge on any atom is 0.278 e. The van der Waals surface area contributed by atoms with Gasteiger partial charge in [-0.15, -0.1) is 0 Å². The Bertz CT molecular complexity index is 1080.